The Bertz CT molecular complexity index is 667. The van der Waals surface area contributed by atoms with Crippen LogP contribution in [0.1, 0.15) is 29.3 Å². The highest BCUT2D eigenvalue weighted by Crippen LogP contribution is 2.22. The smallest absolute Gasteiger partial charge is 0.287 e. The van der Waals surface area contributed by atoms with Gasteiger partial charge < -0.3 is 14.6 Å². The minimum atomic E-state index is -0.618. The maximum absolute atomic E-state index is 12.7. The average molecular weight is 355 g/mol. The maximum atomic E-state index is 12.7. The number of carbonyl (C=O) groups is 2. The molecule has 2 heterocycles. The Kier molecular flexibility index (Phi) is 5.85. The fraction of sp³-hybridized carbons (Fsp3) is 0.375. The lowest BCUT2D eigenvalue weighted by atomic mass is 10.0. The van der Waals surface area contributed by atoms with Crippen LogP contribution >= 0.6 is 22.9 Å². The SMILES string of the molecule is CC(C)C(NC(=O)c1ccco1)C(=O)N(C)Cc1ccc(Cl)s1. The minimum absolute atomic E-state index is 0.0456. The molecular weight excluding hydrogens is 336 g/mol. The van der Waals surface area contributed by atoms with Gasteiger partial charge in [0.05, 0.1) is 17.1 Å². The molecule has 0 radical (unpaired) electrons. The van der Waals surface area contributed by atoms with Gasteiger partial charge in [-0.1, -0.05) is 25.4 Å². The van der Waals surface area contributed by atoms with Crippen molar-refractivity contribution >= 4 is 34.8 Å². The first-order chi connectivity index (χ1) is 10.9. The van der Waals surface area contributed by atoms with E-state index in [4.69, 9.17) is 16.0 Å². The number of thiophene rings is 1. The second-order valence-electron chi connectivity index (χ2n) is 5.57. The van der Waals surface area contributed by atoms with Crippen LogP contribution in [0, 0.1) is 5.92 Å². The largest absolute Gasteiger partial charge is 0.459 e. The van der Waals surface area contributed by atoms with E-state index >= 15 is 0 Å². The molecule has 0 spiro atoms. The Morgan fingerprint density at radius 3 is 2.61 bits per heavy atom. The predicted octanol–water partition coefficient (Wildman–Crippen LogP) is 3.41. The Balaban J connectivity index is 2.04. The second-order valence-corrected chi connectivity index (χ2v) is 7.37. The molecule has 5 nitrogen and oxygen atoms in total. The van der Waals surface area contributed by atoms with Crippen molar-refractivity contribution in [2.45, 2.75) is 26.4 Å². The van der Waals surface area contributed by atoms with Gasteiger partial charge in [-0.2, -0.15) is 0 Å². The number of rotatable bonds is 6. The van der Waals surface area contributed by atoms with Crippen LogP contribution in [0.3, 0.4) is 0 Å². The molecule has 1 atom stereocenters. The van der Waals surface area contributed by atoms with Gasteiger partial charge in [-0.15, -0.1) is 11.3 Å². The van der Waals surface area contributed by atoms with Gasteiger partial charge in [0.15, 0.2) is 5.76 Å². The minimum Gasteiger partial charge on any atom is -0.459 e. The first-order valence-corrected chi connectivity index (χ1v) is 8.41. The molecule has 1 unspecified atom stereocenters. The number of halogens is 1. The van der Waals surface area contributed by atoms with Crippen LogP contribution in [0.5, 0.6) is 0 Å². The lowest BCUT2D eigenvalue weighted by Gasteiger charge is -2.26. The number of nitrogens with zero attached hydrogens (tertiary/aromatic N) is 1. The molecule has 2 aromatic heterocycles. The standard InChI is InChI=1S/C16H19ClN2O3S/c1-10(2)14(18-15(20)12-5-4-8-22-12)16(21)19(3)9-11-6-7-13(17)23-11/h4-8,10,14H,9H2,1-3H3,(H,18,20). The van der Waals surface area contributed by atoms with Gasteiger partial charge in [0.1, 0.15) is 6.04 Å². The van der Waals surface area contributed by atoms with Crippen molar-refractivity contribution in [3.8, 4) is 0 Å². The second kappa shape index (κ2) is 7.66. The van der Waals surface area contributed by atoms with Crippen molar-refractivity contribution in [3.63, 3.8) is 0 Å². The van der Waals surface area contributed by atoms with Gasteiger partial charge >= 0.3 is 0 Å². The lowest BCUT2D eigenvalue weighted by Crippen LogP contribution is -2.49. The van der Waals surface area contributed by atoms with Crippen molar-refractivity contribution in [1.82, 2.24) is 10.2 Å². The van der Waals surface area contributed by atoms with Crippen molar-refractivity contribution in [3.05, 3.63) is 45.5 Å². The topological polar surface area (TPSA) is 62.6 Å². The summed E-state index contributed by atoms with van der Waals surface area (Å²) >= 11 is 7.34. The molecule has 0 aromatic carbocycles. The van der Waals surface area contributed by atoms with Crippen LogP contribution in [0.25, 0.3) is 0 Å². The van der Waals surface area contributed by atoms with E-state index in [1.807, 2.05) is 19.9 Å². The quantitative estimate of drug-likeness (QED) is 0.864. The summed E-state index contributed by atoms with van der Waals surface area (Å²) in [5.41, 5.74) is 0. The fourth-order valence-corrected chi connectivity index (χ4v) is 3.26. The molecule has 0 aliphatic rings. The van der Waals surface area contributed by atoms with Gasteiger partial charge in [-0.3, -0.25) is 9.59 Å². The first-order valence-electron chi connectivity index (χ1n) is 7.22. The zero-order valence-corrected chi connectivity index (χ0v) is 14.8. The molecule has 1 N–H and O–H groups in total. The number of hydrogen-bond donors (Lipinski definition) is 1. The summed E-state index contributed by atoms with van der Waals surface area (Å²) in [6, 6.07) is 6.27. The Labute approximate surface area is 144 Å². The number of carbonyl (C=O) groups excluding carboxylic acids is 2. The molecule has 2 aromatic rings. The molecule has 0 saturated heterocycles. The Morgan fingerprint density at radius 2 is 2.09 bits per heavy atom. The van der Waals surface area contributed by atoms with Crippen molar-refractivity contribution in [1.29, 1.82) is 0 Å². The Morgan fingerprint density at radius 1 is 1.35 bits per heavy atom. The van der Waals surface area contributed by atoms with Gasteiger partial charge in [-0.25, -0.2) is 0 Å². The third-order valence-corrected chi connectivity index (χ3v) is 4.58. The lowest BCUT2D eigenvalue weighted by molar-refractivity contribution is -0.133. The van der Waals surface area contributed by atoms with E-state index in [1.165, 1.54) is 17.6 Å². The molecule has 0 fully saturated rings. The monoisotopic (exact) mass is 354 g/mol. The summed E-state index contributed by atoms with van der Waals surface area (Å²) in [4.78, 5) is 27.4. The van der Waals surface area contributed by atoms with Crippen LogP contribution < -0.4 is 5.32 Å². The van der Waals surface area contributed by atoms with Crippen LogP contribution in [0.15, 0.2) is 34.9 Å². The van der Waals surface area contributed by atoms with E-state index in [1.54, 1.807) is 30.1 Å². The summed E-state index contributed by atoms with van der Waals surface area (Å²) < 4.78 is 5.75. The summed E-state index contributed by atoms with van der Waals surface area (Å²) in [5.74, 6) is -0.397. The maximum Gasteiger partial charge on any atom is 0.287 e. The van der Waals surface area contributed by atoms with E-state index in [-0.39, 0.29) is 17.6 Å². The molecule has 124 valence electrons. The summed E-state index contributed by atoms with van der Waals surface area (Å²) in [5, 5.41) is 2.74. The van der Waals surface area contributed by atoms with Crippen LogP contribution in [0.4, 0.5) is 0 Å². The predicted molar refractivity (Wildman–Crippen MR) is 90.6 cm³/mol. The van der Waals surface area contributed by atoms with Crippen LogP contribution in [-0.4, -0.2) is 29.8 Å². The first kappa shape index (κ1) is 17.6. The van der Waals surface area contributed by atoms with E-state index in [2.05, 4.69) is 5.32 Å². The molecule has 23 heavy (non-hydrogen) atoms. The third-order valence-electron chi connectivity index (χ3n) is 3.36. The van der Waals surface area contributed by atoms with E-state index in [0.29, 0.717) is 10.9 Å². The van der Waals surface area contributed by atoms with Gasteiger partial charge in [-0.05, 0) is 30.2 Å². The Hall–Kier alpha value is -1.79. The third kappa shape index (κ3) is 4.59. The highest BCUT2D eigenvalue weighted by Gasteiger charge is 2.28. The van der Waals surface area contributed by atoms with E-state index < -0.39 is 11.9 Å². The zero-order valence-electron chi connectivity index (χ0n) is 13.2. The fourth-order valence-electron chi connectivity index (χ4n) is 2.12. The van der Waals surface area contributed by atoms with Crippen molar-refractivity contribution in [2.75, 3.05) is 7.05 Å². The van der Waals surface area contributed by atoms with Gasteiger partial charge in [0, 0.05) is 11.9 Å². The zero-order chi connectivity index (χ0) is 17.0. The molecule has 2 amide bonds. The summed E-state index contributed by atoms with van der Waals surface area (Å²) in [6.07, 6.45) is 1.42. The molecular formula is C16H19ClN2O3S. The highest BCUT2D eigenvalue weighted by molar-refractivity contribution is 7.16. The number of amides is 2. The summed E-state index contributed by atoms with van der Waals surface area (Å²) in [7, 11) is 1.71. The molecule has 7 heteroatoms. The van der Waals surface area contributed by atoms with Crippen molar-refractivity contribution in [2.24, 2.45) is 5.92 Å². The summed E-state index contributed by atoms with van der Waals surface area (Å²) in [6.45, 7) is 4.23. The molecule has 0 saturated carbocycles. The normalized spacial score (nSPS) is 12.2. The molecule has 0 bridgehead atoms. The van der Waals surface area contributed by atoms with Crippen molar-refractivity contribution < 1.29 is 14.0 Å². The number of likely N-dealkylation sites (N-methyl/N-ethyl adjacent to an activating group) is 1. The average Bonchev–Trinajstić information content (AvgIpc) is 3.15. The van der Waals surface area contributed by atoms with E-state index in [0.717, 1.165) is 4.88 Å². The van der Waals surface area contributed by atoms with Gasteiger partial charge in [0.25, 0.3) is 5.91 Å². The molecule has 0 aliphatic heterocycles. The van der Waals surface area contributed by atoms with Gasteiger partial charge in [0.2, 0.25) is 5.91 Å². The van der Waals surface area contributed by atoms with Crippen LogP contribution in [0.2, 0.25) is 4.34 Å². The number of hydrogen-bond acceptors (Lipinski definition) is 4. The van der Waals surface area contributed by atoms with Crippen LogP contribution in [-0.2, 0) is 11.3 Å². The highest BCUT2D eigenvalue weighted by atomic mass is 35.5. The van der Waals surface area contributed by atoms with E-state index in [9.17, 15) is 9.59 Å². The number of nitrogens with one attached hydrogen (secondary N) is 1. The molecule has 2 rings (SSSR count). The number of furan rings is 1. The molecule has 0 aliphatic carbocycles.